The molecule has 2 aliphatic heterocycles. The summed E-state index contributed by atoms with van der Waals surface area (Å²) in [4.78, 5) is 26.5. The van der Waals surface area contributed by atoms with E-state index in [9.17, 15) is 18.0 Å². The van der Waals surface area contributed by atoms with E-state index in [1.165, 1.54) is 17.0 Å². The Morgan fingerprint density at radius 1 is 1.32 bits per heavy atom. The van der Waals surface area contributed by atoms with E-state index in [2.05, 4.69) is 0 Å². The number of amides is 1. The number of unbranched alkanes of at least 4 members (excludes halogenated alkanes) is 1. The largest absolute Gasteiger partial charge is 0.454 e. The number of rotatable bonds is 7. The Labute approximate surface area is 168 Å². The minimum Gasteiger partial charge on any atom is -0.454 e. The molecular formula is C18H22ClNO7S. The SMILES string of the molecule is CCCCN(C(=O)COC(=O)c1cc(Cl)c2c(c1)OCO2)C1CCS(=O)(=O)C1. The van der Waals surface area contributed by atoms with Crippen molar-refractivity contribution in [3.8, 4) is 11.5 Å². The molecule has 8 nitrogen and oxygen atoms in total. The lowest BCUT2D eigenvalue weighted by Crippen LogP contribution is -2.43. The van der Waals surface area contributed by atoms with E-state index in [1.807, 2.05) is 6.92 Å². The fourth-order valence-corrected chi connectivity index (χ4v) is 5.24. The van der Waals surface area contributed by atoms with Crippen molar-refractivity contribution in [2.45, 2.75) is 32.2 Å². The van der Waals surface area contributed by atoms with Gasteiger partial charge in [0.25, 0.3) is 5.91 Å². The van der Waals surface area contributed by atoms with Crippen molar-refractivity contribution in [1.82, 2.24) is 4.90 Å². The molecule has 1 saturated heterocycles. The van der Waals surface area contributed by atoms with Gasteiger partial charge in [0.15, 0.2) is 27.9 Å². The van der Waals surface area contributed by atoms with E-state index in [0.29, 0.717) is 24.5 Å². The van der Waals surface area contributed by atoms with Gasteiger partial charge < -0.3 is 19.1 Å². The minimum absolute atomic E-state index is 0.0166. The van der Waals surface area contributed by atoms with Crippen LogP contribution < -0.4 is 9.47 Å². The first-order chi connectivity index (χ1) is 13.3. The maximum Gasteiger partial charge on any atom is 0.338 e. The maximum absolute atomic E-state index is 12.6. The number of carbonyl (C=O) groups is 2. The van der Waals surface area contributed by atoms with E-state index < -0.39 is 28.3 Å². The second-order valence-electron chi connectivity index (χ2n) is 6.77. The van der Waals surface area contributed by atoms with Crippen LogP contribution in [0.3, 0.4) is 0 Å². The number of hydrogen-bond acceptors (Lipinski definition) is 7. The van der Waals surface area contributed by atoms with Crippen molar-refractivity contribution >= 4 is 33.3 Å². The van der Waals surface area contributed by atoms with Crippen LogP contribution in [0.2, 0.25) is 5.02 Å². The lowest BCUT2D eigenvalue weighted by Gasteiger charge is -2.28. The first kappa shape index (κ1) is 20.7. The number of nitrogens with zero attached hydrogens (tertiary/aromatic N) is 1. The van der Waals surface area contributed by atoms with Gasteiger partial charge in [-0.05, 0) is 25.0 Å². The molecular weight excluding hydrogens is 410 g/mol. The van der Waals surface area contributed by atoms with Crippen LogP contribution in [-0.4, -0.2) is 62.7 Å². The topological polar surface area (TPSA) is 99.2 Å². The molecule has 28 heavy (non-hydrogen) atoms. The van der Waals surface area contributed by atoms with Crippen LogP contribution in [0.25, 0.3) is 0 Å². The van der Waals surface area contributed by atoms with Crippen LogP contribution in [0.1, 0.15) is 36.5 Å². The molecule has 3 rings (SSSR count). The predicted molar refractivity (Wildman–Crippen MR) is 102 cm³/mol. The summed E-state index contributed by atoms with van der Waals surface area (Å²) in [6.07, 6.45) is 2.01. The van der Waals surface area contributed by atoms with Crippen LogP contribution >= 0.6 is 11.6 Å². The third kappa shape index (κ3) is 4.70. The molecule has 1 amide bonds. The van der Waals surface area contributed by atoms with Crippen LogP contribution in [-0.2, 0) is 19.4 Å². The summed E-state index contributed by atoms with van der Waals surface area (Å²) in [5.74, 6) is -0.398. The van der Waals surface area contributed by atoms with E-state index in [1.54, 1.807) is 0 Å². The third-order valence-electron chi connectivity index (χ3n) is 4.71. The lowest BCUT2D eigenvalue weighted by atomic mass is 10.2. The Morgan fingerprint density at radius 2 is 2.11 bits per heavy atom. The van der Waals surface area contributed by atoms with Gasteiger partial charge in [-0.3, -0.25) is 4.79 Å². The second-order valence-corrected chi connectivity index (χ2v) is 9.40. The molecule has 0 saturated carbocycles. The van der Waals surface area contributed by atoms with Crippen molar-refractivity contribution in [3.63, 3.8) is 0 Å². The van der Waals surface area contributed by atoms with E-state index >= 15 is 0 Å². The smallest absolute Gasteiger partial charge is 0.338 e. The molecule has 0 spiro atoms. The van der Waals surface area contributed by atoms with Gasteiger partial charge in [-0.1, -0.05) is 24.9 Å². The van der Waals surface area contributed by atoms with Crippen LogP contribution in [0.5, 0.6) is 11.5 Å². The predicted octanol–water partition coefficient (Wildman–Crippen LogP) is 2.04. The summed E-state index contributed by atoms with van der Waals surface area (Å²) >= 11 is 6.06. The number of carbonyl (C=O) groups excluding carboxylic acids is 2. The number of sulfone groups is 1. The van der Waals surface area contributed by atoms with Crippen molar-refractivity contribution in [2.75, 3.05) is 31.5 Å². The zero-order chi connectivity index (χ0) is 20.3. The number of halogens is 1. The van der Waals surface area contributed by atoms with Gasteiger partial charge in [-0.15, -0.1) is 0 Å². The highest BCUT2D eigenvalue weighted by molar-refractivity contribution is 7.91. The number of benzene rings is 1. The second kappa shape index (κ2) is 8.57. The van der Waals surface area contributed by atoms with Gasteiger partial charge in [-0.25, -0.2) is 13.2 Å². The summed E-state index contributed by atoms with van der Waals surface area (Å²) in [7, 11) is -3.13. The van der Waals surface area contributed by atoms with Crippen LogP contribution in [0, 0.1) is 0 Å². The number of ether oxygens (including phenoxy) is 3. The highest BCUT2D eigenvalue weighted by Crippen LogP contribution is 2.39. The van der Waals surface area contributed by atoms with E-state index in [-0.39, 0.29) is 34.9 Å². The van der Waals surface area contributed by atoms with E-state index in [0.717, 1.165) is 12.8 Å². The fourth-order valence-electron chi connectivity index (χ4n) is 3.24. The molecule has 0 bridgehead atoms. The average Bonchev–Trinajstić information content (AvgIpc) is 3.26. The molecule has 1 aromatic rings. The molecule has 0 N–H and O–H groups in total. The maximum atomic E-state index is 12.6. The van der Waals surface area contributed by atoms with Gasteiger partial charge in [0.2, 0.25) is 6.79 Å². The van der Waals surface area contributed by atoms with Gasteiger partial charge in [0.05, 0.1) is 22.1 Å². The monoisotopic (exact) mass is 431 g/mol. The standard InChI is InChI=1S/C18H22ClNO7S/c1-2-3-5-20(13-4-6-28(23,24)10-13)16(21)9-25-18(22)12-7-14(19)17-15(8-12)26-11-27-17/h7-8,13H,2-6,9-11H2,1H3. The van der Waals surface area contributed by atoms with Crippen molar-refractivity contribution in [1.29, 1.82) is 0 Å². The molecule has 154 valence electrons. The van der Waals surface area contributed by atoms with Crippen molar-refractivity contribution in [3.05, 3.63) is 22.7 Å². The summed E-state index contributed by atoms with van der Waals surface area (Å²) in [6.45, 7) is 1.97. The Hall–Kier alpha value is -2.00. The van der Waals surface area contributed by atoms with Crippen LogP contribution in [0.4, 0.5) is 0 Å². The summed E-state index contributed by atoms with van der Waals surface area (Å²) in [5, 5.41) is 0.217. The van der Waals surface area contributed by atoms with Gasteiger partial charge >= 0.3 is 5.97 Å². The Balaban J connectivity index is 1.64. The normalized spacial score (nSPS) is 19.4. The van der Waals surface area contributed by atoms with Crippen molar-refractivity contribution in [2.24, 2.45) is 0 Å². The molecule has 1 fully saturated rings. The highest BCUT2D eigenvalue weighted by atomic mass is 35.5. The quantitative estimate of drug-likeness (QED) is 0.609. The molecule has 2 heterocycles. The Bertz CT molecular complexity index is 871. The average molecular weight is 432 g/mol. The van der Waals surface area contributed by atoms with Gasteiger partial charge in [0.1, 0.15) is 0 Å². The van der Waals surface area contributed by atoms with Gasteiger partial charge in [0, 0.05) is 12.6 Å². The number of esters is 1. The molecule has 1 aromatic carbocycles. The zero-order valence-electron chi connectivity index (χ0n) is 15.5. The zero-order valence-corrected chi connectivity index (χ0v) is 17.1. The minimum atomic E-state index is -3.13. The first-order valence-electron chi connectivity index (χ1n) is 9.07. The summed E-state index contributed by atoms with van der Waals surface area (Å²) in [5.41, 5.74) is 0.144. The third-order valence-corrected chi connectivity index (χ3v) is 6.74. The molecule has 0 aliphatic carbocycles. The molecule has 2 aliphatic rings. The molecule has 0 aromatic heterocycles. The number of hydrogen-bond donors (Lipinski definition) is 0. The first-order valence-corrected chi connectivity index (χ1v) is 11.3. The summed E-state index contributed by atoms with van der Waals surface area (Å²) < 4.78 is 39.1. The molecule has 0 radical (unpaired) electrons. The van der Waals surface area contributed by atoms with Crippen molar-refractivity contribution < 1.29 is 32.2 Å². The Kier molecular flexibility index (Phi) is 6.34. The van der Waals surface area contributed by atoms with Crippen LogP contribution in [0.15, 0.2) is 12.1 Å². The highest BCUT2D eigenvalue weighted by Gasteiger charge is 2.34. The van der Waals surface area contributed by atoms with Gasteiger partial charge in [-0.2, -0.15) is 0 Å². The number of fused-ring (bicyclic) bond motifs is 1. The lowest BCUT2D eigenvalue weighted by molar-refractivity contribution is -0.136. The molecule has 10 heteroatoms. The fraction of sp³-hybridized carbons (Fsp3) is 0.556. The molecule has 1 atom stereocenters. The Morgan fingerprint density at radius 3 is 2.79 bits per heavy atom. The van der Waals surface area contributed by atoms with E-state index in [4.69, 9.17) is 25.8 Å². The molecule has 1 unspecified atom stereocenters. The summed E-state index contributed by atoms with van der Waals surface area (Å²) in [6, 6.07) is 2.46.